The number of aliphatic carboxylic acids is 1. The van der Waals surface area contributed by atoms with Crippen LogP contribution in [0.1, 0.15) is 29.7 Å². The number of hydrogen-bond donors (Lipinski definition) is 6. The van der Waals surface area contributed by atoms with E-state index in [4.69, 9.17) is 5.73 Å². The van der Waals surface area contributed by atoms with Crippen molar-refractivity contribution in [1.82, 2.24) is 25.5 Å². The van der Waals surface area contributed by atoms with Crippen LogP contribution in [0.25, 0.3) is 0 Å². The van der Waals surface area contributed by atoms with Crippen LogP contribution >= 0.6 is 0 Å². The lowest BCUT2D eigenvalue weighted by molar-refractivity contribution is -0.143. The monoisotopic (exact) mass is 562 g/mol. The number of phenols is 1. The van der Waals surface area contributed by atoms with E-state index >= 15 is 0 Å². The highest BCUT2D eigenvalue weighted by Crippen LogP contribution is 2.20. The third-order valence-electron chi connectivity index (χ3n) is 7.06. The van der Waals surface area contributed by atoms with E-state index in [-0.39, 0.29) is 24.5 Å². The van der Waals surface area contributed by atoms with E-state index in [1.54, 1.807) is 12.1 Å². The van der Waals surface area contributed by atoms with Crippen molar-refractivity contribution < 1.29 is 29.4 Å². The Kier molecular flexibility index (Phi) is 9.69. The molecule has 3 amide bonds. The minimum Gasteiger partial charge on any atom is -0.508 e. The molecule has 0 spiro atoms. The fourth-order valence-electron chi connectivity index (χ4n) is 4.90. The number of carboxylic acids is 1. The van der Waals surface area contributed by atoms with Crippen LogP contribution in [0.3, 0.4) is 0 Å². The predicted octanol–water partition coefficient (Wildman–Crippen LogP) is 0.516. The van der Waals surface area contributed by atoms with E-state index in [0.717, 1.165) is 5.56 Å². The third-order valence-corrected chi connectivity index (χ3v) is 7.06. The van der Waals surface area contributed by atoms with Gasteiger partial charge in [0.1, 0.15) is 23.9 Å². The molecule has 0 saturated carbocycles. The topological polar surface area (TPSA) is 191 Å². The fraction of sp³-hybridized carbons (Fsp3) is 0.345. The molecule has 3 aromatic rings. The summed E-state index contributed by atoms with van der Waals surface area (Å²) in [7, 11) is 0. The van der Waals surface area contributed by atoms with Crippen molar-refractivity contribution in [3.63, 3.8) is 0 Å². The van der Waals surface area contributed by atoms with Crippen LogP contribution in [0, 0.1) is 0 Å². The summed E-state index contributed by atoms with van der Waals surface area (Å²) in [5.41, 5.74) is 8.28. The largest absolute Gasteiger partial charge is 0.508 e. The molecule has 216 valence electrons. The second kappa shape index (κ2) is 13.6. The Hall–Kier alpha value is -4.71. The number of carbonyl (C=O) groups excluding carboxylic acids is 3. The number of aromatic hydroxyl groups is 1. The Morgan fingerprint density at radius 3 is 2.34 bits per heavy atom. The molecule has 1 fully saturated rings. The van der Waals surface area contributed by atoms with Gasteiger partial charge in [0.2, 0.25) is 17.7 Å². The van der Waals surface area contributed by atoms with E-state index in [1.165, 1.54) is 29.6 Å². The molecule has 2 aromatic carbocycles. The van der Waals surface area contributed by atoms with Gasteiger partial charge in [0.15, 0.2) is 0 Å². The molecule has 2 heterocycles. The van der Waals surface area contributed by atoms with Gasteiger partial charge in [-0.3, -0.25) is 14.4 Å². The second-order valence-electron chi connectivity index (χ2n) is 10.1. The van der Waals surface area contributed by atoms with E-state index in [2.05, 4.69) is 20.6 Å². The molecular weight excluding hydrogens is 528 g/mol. The smallest absolute Gasteiger partial charge is 0.326 e. The molecule has 4 atom stereocenters. The number of benzene rings is 2. The van der Waals surface area contributed by atoms with E-state index in [0.29, 0.717) is 37.1 Å². The van der Waals surface area contributed by atoms with Crippen LogP contribution in [0.5, 0.6) is 5.75 Å². The molecule has 41 heavy (non-hydrogen) atoms. The summed E-state index contributed by atoms with van der Waals surface area (Å²) >= 11 is 0. The number of nitrogens with one attached hydrogen (secondary N) is 3. The standard InChI is InChI=1S/C29H34N6O6/c30-22(13-18-5-2-1-3-6-18)28(39)35-12-4-7-25(35)27(38)33-23(15-20-16-31-17-32-20)26(37)34-24(29(40)41)14-19-8-10-21(36)11-9-19/h1-3,5-6,8-11,16-17,22-25,36H,4,7,12-15,30H2,(H,31,32)(H,33,38)(H,34,37)(H,40,41). The third kappa shape index (κ3) is 7.92. The van der Waals surface area contributed by atoms with Gasteiger partial charge < -0.3 is 36.5 Å². The number of imidazole rings is 1. The van der Waals surface area contributed by atoms with Gasteiger partial charge in [-0.2, -0.15) is 0 Å². The number of nitrogens with zero attached hydrogens (tertiary/aromatic N) is 2. The molecule has 12 heteroatoms. The molecule has 1 aliphatic rings. The molecular formula is C29H34N6O6. The fourth-order valence-corrected chi connectivity index (χ4v) is 4.90. The first kappa shape index (κ1) is 29.3. The molecule has 12 nitrogen and oxygen atoms in total. The first-order valence-electron chi connectivity index (χ1n) is 13.4. The average Bonchev–Trinajstić information content (AvgIpc) is 3.66. The lowest BCUT2D eigenvalue weighted by atomic mass is 10.0. The maximum atomic E-state index is 13.4. The first-order chi connectivity index (χ1) is 19.7. The summed E-state index contributed by atoms with van der Waals surface area (Å²) in [5.74, 6) is -2.78. The highest BCUT2D eigenvalue weighted by atomic mass is 16.4. The lowest BCUT2D eigenvalue weighted by Crippen LogP contribution is -2.57. The van der Waals surface area contributed by atoms with Gasteiger partial charge in [0, 0.05) is 31.3 Å². The van der Waals surface area contributed by atoms with Gasteiger partial charge in [-0.05, 0) is 42.5 Å². The van der Waals surface area contributed by atoms with Crippen LogP contribution in [0.15, 0.2) is 67.1 Å². The average molecular weight is 563 g/mol. The molecule has 4 unspecified atom stereocenters. The summed E-state index contributed by atoms with van der Waals surface area (Å²) in [6.45, 7) is 0.366. The Bertz CT molecular complexity index is 1330. The number of nitrogens with two attached hydrogens (primary N) is 1. The van der Waals surface area contributed by atoms with Crippen molar-refractivity contribution in [2.45, 2.75) is 56.3 Å². The van der Waals surface area contributed by atoms with E-state index in [1.807, 2.05) is 30.3 Å². The van der Waals surface area contributed by atoms with E-state index < -0.39 is 42.0 Å². The Balaban J connectivity index is 1.45. The van der Waals surface area contributed by atoms with Crippen molar-refractivity contribution in [2.75, 3.05) is 6.54 Å². The van der Waals surface area contributed by atoms with Gasteiger partial charge in [-0.1, -0.05) is 42.5 Å². The van der Waals surface area contributed by atoms with Gasteiger partial charge >= 0.3 is 5.97 Å². The molecule has 7 N–H and O–H groups in total. The number of phenolic OH excluding ortho intramolecular Hbond substituents is 1. The number of aromatic amines is 1. The van der Waals surface area contributed by atoms with Crippen molar-refractivity contribution in [3.8, 4) is 5.75 Å². The number of carbonyl (C=O) groups is 4. The van der Waals surface area contributed by atoms with Crippen LogP contribution in [-0.4, -0.2) is 79.5 Å². The molecule has 0 bridgehead atoms. The number of rotatable bonds is 12. The summed E-state index contributed by atoms with van der Waals surface area (Å²) in [4.78, 5) is 60.2. The molecule has 4 rings (SSSR count). The molecule has 1 aliphatic heterocycles. The van der Waals surface area contributed by atoms with Crippen LogP contribution < -0.4 is 16.4 Å². The lowest BCUT2D eigenvalue weighted by Gasteiger charge is -2.28. The maximum absolute atomic E-state index is 13.4. The van der Waals surface area contributed by atoms with Gasteiger partial charge in [-0.25, -0.2) is 9.78 Å². The zero-order chi connectivity index (χ0) is 29.4. The highest BCUT2D eigenvalue weighted by Gasteiger charge is 2.38. The number of amides is 3. The summed E-state index contributed by atoms with van der Waals surface area (Å²) in [6.07, 6.45) is 4.27. The minimum absolute atomic E-state index is 0.0251. The first-order valence-corrected chi connectivity index (χ1v) is 13.4. The SMILES string of the molecule is NC(Cc1ccccc1)C(=O)N1CCCC1C(=O)NC(Cc1cnc[nH]1)C(=O)NC(Cc1ccc(O)cc1)C(=O)O. The van der Waals surface area contributed by atoms with Crippen molar-refractivity contribution >= 4 is 23.7 Å². The van der Waals surface area contributed by atoms with Gasteiger partial charge in [0.25, 0.3) is 0 Å². The van der Waals surface area contributed by atoms with Crippen molar-refractivity contribution in [1.29, 1.82) is 0 Å². The summed E-state index contributed by atoms with van der Waals surface area (Å²) in [6, 6.07) is 11.3. The molecule has 0 radical (unpaired) electrons. The van der Waals surface area contributed by atoms with Crippen LogP contribution in [0.2, 0.25) is 0 Å². The number of hydrogen-bond acceptors (Lipinski definition) is 7. The second-order valence-corrected chi connectivity index (χ2v) is 10.1. The molecule has 1 saturated heterocycles. The van der Waals surface area contributed by atoms with Crippen LogP contribution in [-0.2, 0) is 38.4 Å². The maximum Gasteiger partial charge on any atom is 0.326 e. The molecule has 0 aliphatic carbocycles. The zero-order valence-electron chi connectivity index (χ0n) is 22.4. The normalized spacial score (nSPS) is 16.9. The predicted molar refractivity (Wildman–Crippen MR) is 148 cm³/mol. The quantitative estimate of drug-likeness (QED) is 0.184. The van der Waals surface area contributed by atoms with E-state index in [9.17, 15) is 29.4 Å². The minimum atomic E-state index is -1.28. The van der Waals surface area contributed by atoms with Crippen molar-refractivity contribution in [2.24, 2.45) is 5.73 Å². The number of aromatic nitrogens is 2. The molecule has 1 aromatic heterocycles. The summed E-state index contributed by atoms with van der Waals surface area (Å²) in [5, 5.41) is 24.5. The van der Waals surface area contributed by atoms with Crippen molar-refractivity contribution in [3.05, 3.63) is 83.9 Å². The zero-order valence-corrected chi connectivity index (χ0v) is 22.4. The Morgan fingerprint density at radius 1 is 0.976 bits per heavy atom. The Labute approximate surface area is 237 Å². The number of carboxylic acid groups (broad SMARTS) is 1. The highest BCUT2D eigenvalue weighted by molar-refractivity contribution is 5.94. The van der Waals surface area contributed by atoms with Crippen LogP contribution in [0.4, 0.5) is 0 Å². The number of likely N-dealkylation sites (tertiary alicyclic amines) is 1. The Morgan fingerprint density at radius 2 is 1.68 bits per heavy atom. The van der Waals surface area contributed by atoms with Gasteiger partial charge in [-0.15, -0.1) is 0 Å². The number of H-pyrrole nitrogens is 1. The summed E-state index contributed by atoms with van der Waals surface area (Å²) < 4.78 is 0. The van der Waals surface area contributed by atoms with Gasteiger partial charge in [0.05, 0.1) is 12.4 Å².